The molecule has 1 aromatic rings. The molecular formula is C11H12FNO4. The van der Waals surface area contributed by atoms with Crippen LogP contribution >= 0.6 is 0 Å². The molecule has 0 aromatic heterocycles. The average molecular weight is 242 g/mol. The van der Waals surface area contributed by atoms with Crippen molar-refractivity contribution in [3.8, 4) is 0 Å². The van der Waals surface area contributed by atoms with Gasteiger partial charge in [0.15, 0.2) is 6.04 Å². The van der Waals surface area contributed by atoms with E-state index in [-0.39, 0.29) is 6.61 Å². The van der Waals surface area contributed by atoms with Crippen LogP contribution in [-0.4, -0.2) is 29.9 Å². The molecule has 1 rings (SSSR count). The number of carboxylic acid groups (broad SMARTS) is 1. The second-order valence-electron chi connectivity index (χ2n) is 3.15. The summed E-state index contributed by atoms with van der Waals surface area (Å²) in [4.78, 5) is 21.7. The van der Waals surface area contributed by atoms with E-state index < -0.39 is 24.8 Å². The number of halogens is 1. The minimum absolute atomic E-state index is 0.0615. The minimum Gasteiger partial charge on any atom is -0.480 e. The molecule has 5 nitrogen and oxygen atoms in total. The molecule has 0 aliphatic rings. The molecule has 2 N–H and O–H groups in total. The maximum Gasteiger partial charge on any atom is 0.408 e. The lowest BCUT2D eigenvalue weighted by molar-refractivity contribution is -0.139. The van der Waals surface area contributed by atoms with Crippen LogP contribution < -0.4 is 5.32 Å². The highest BCUT2D eigenvalue weighted by molar-refractivity contribution is 5.79. The van der Waals surface area contributed by atoms with Gasteiger partial charge in [-0.25, -0.2) is 14.0 Å². The van der Waals surface area contributed by atoms with Gasteiger partial charge < -0.3 is 15.2 Å². The molecule has 0 aliphatic heterocycles. The Balaban J connectivity index is 2.44. The van der Waals surface area contributed by atoms with Crippen LogP contribution in [0.1, 0.15) is 6.93 Å². The van der Waals surface area contributed by atoms with Crippen molar-refractivity contribution >= 4 is 12.1 Å². The highest BCUT2D eigenvalue weighted by atomic mass is 19.1. The van der Waals surface area contributed by atoms with Gasteiger partial charge in [0.25, 0.3) is 0 Å². The van der Waals surface area contributed by atoms with Crippen molar-refractivity contribution in [3.05, 3.63) is 35.9 Å². The average Bonchev–Trinajstić information content (AvgIpc) is 2.34. The van der Waals surface area contributed by atoms with Crippen LogP contribution in [0.5, 0.6) is 0 Å². The third kappa shape index (κ3) is 4.50. The Kier molecular flexibility index (Phi) is 4.33. The lowest BCUT2D eigenvalue weighted by Crippen LogP contribution is -2.42. The number of carboxylic acids is 1. The number of hydrogen-bond donors (Lipinski definition) is 2. The number of nitrogens with one attached hydrogen (secondary N) is 1. The van der Waals surface area contributed by atoms with Crippen LogP contribution in [0.2, 0.25) is 0 Å². The van der Waals surface area contributed by atoms with E-state index in [0.717, 1.165) is 0 Å². The van der Waals surface area contributed by atoms with Gasteiger partial charge >= 0.3 is 12.1 Å². The van der Waals surface area contributed by atoms with E-state index in [4.69, 9.17) is 11.2 Å². The van der Waals surface area contributed by atoms with Gasteiger partial charge in [-0.15, -0.1) is 0 Å². The predicted octanol–water partition coefficient (Wildman–Crippen LogP) is 1.34. The van der Waals surface area contributed by atoms with Crippen molar-refractivity contribution < 1.29 is 25.2 Å². The zero-order valence-electron chi connectivity index (χ0n) is 9.80. The van der Waals surface area contributed by atoms with Crippen molar-refractivity contribution in [1.29, 1.82) is 0 Å². The maximum atomic E-state index is 12.6. The van der Waals surface area contributed by atoms with Gasteiger partial charge in [-0.2, -0.15) is 0 Å². The van der Waals surface area contributed by atoms with Crippen molar-refractivity contribution in [3.63, 3.8) is 0 Å². The third-order valence-corrected chi connectivity index (χ3v) is 1.88. The Bertz CT molecular complexity index is 413. The SMILES string of the molecule is [2H]C(F)C(NC(=O)OCc1ccccc1)C(=O)O. The molecule has 0 radical (unpaired) electrons. The number of amides is 1. The summed E-state index contributed by atoms with van der Waals surface area (Å²) in [7, 11) is 0. The van der Waals surface area contributed by atoms with Gasteiger partial charge in [-0.05, 0) is 5.56 Å². The zero-order chi connectivity index (χ0) is 13.5. The Morgan fingerprint density at radius 2 is 2.12 bits per heavy atom. The van der Waals surface area contributed by atoms with Crippen LogP contribution in [0, 0.1) is 0 Å². The Morgan fingerprint density at radius 1 is 1.47 bits per heavy atom. The summed E-state index contributed by atoms with van der Waals surface area (Å²) in [6.07, 6.45) is -1.08. The summed E-state index contributed by atoms with van der Waals surface area (Å²) in [5, 5.41) is 10.3. The smallest absolute Gasteiger partial charge is 0.408 e. The highest BCUT2D eigenvalue weighted by Crippen LogP contribution is 2.00. The van der Waals surface area contributed by atoms with Gasteiger partial charge in [-0.3, -0.25) is 0 Å². The van der Waals surface area contributed by atoms with E-state index >= 15 is 0 Å². The number of alkyl carbamates (subject to hydrolysis) is 1. The third-order valence-electron chi connectivity index (χ3n) is 1.88. The van der Waals surface area contributed by atoms with Crippen LogP contribution in [0.4, 0.5) is 9.18 Å². The maximum absolute atomic E-state index is 12.6. The first-order valence-electron chi connectivity index (χ1n) is 5.35. The quantitative estimate of drug-likeness (QED) is 0.816. The summed E-state index contributed by atoms with van der Waals surface area (Å²) in [5.41, 5.74) is 0.710. The molecule has 1 amide bonds. The summed E-state index contributed by atoms with van der Waals surface area (Å²) < 4.78 is 23.9. The van der Waals surface area contributed by atoms with Gasteiger partial charge in [-0.1, -0.05) is 30.3 Å². The van der Waals surface area contributed by atoms with Crippen LogP contribution in [0.3, 0.4) is 0 Å². The van der Waals surface area contributed by atoms with Crippen LogP contribution in [0.15, 0.2) is 30.3 Å². The van der Waals surface area contributed by atoms with Crippen molar-refractivity contribution in [2.75, 3.05) is 6.65 Å². The predicted molar refractivity (Wildman–Crippen MR) is 57.2 cm³/mol. The topological polar surface area (TPSA) is 75.6 Å². The van der Waals surface area contributed by atoms with Crippen molar-refractivity contribution in [1.82, 2.24) is 5.32 Å². The van der Waals surface area contributed by atoms with E-state index in [9.17, 15) is 14.0 Å². The molecule has 0 fully saturated rings. The fraction of sp³-hybridized carbons (Fsp3) is 0.273. The lowest BCUT2D eigenvalue weighted by atomic mass is 10.2. The number of benzene rings is 1. The molecule has 1 aromatic carbocycles. The molecule has 2 atom stereocenters. The standard InChI is InChI=1S/C11H12FNO4/c12-6-9(10(14)15)13-11(16)17-7-8-4-2-1-3-5-8/h1-5,9H,6-7H2,(H,13,16)(H,14,15)/i6D. The summed E-state index contributed by atoms with van der Waals surface area (Å²) in [5.74, 6) is -1.63. The minimum atomic E-state index is -2.45. The zero-order valence-corrected chi connectivity index (χ0v) is 8.80. The van der Waals surface area contributed by atoms with Crippen LogP contribution in [-0.2, 0) is 16.1 Å². The molecular weight excluding hydrogens is 229 g/mol. The van der Waals surface area contributed by atoms with Gasteiger partial charge in [0.2, 0.25) is 0 Å². The fourth-order valence-corrected chi connectivity index (χ4v) is 1.04. The summed E-state index contributed by atoms with van der Waals surface area (Å²) in [6, 6.07) is 6.77. The Morgan fingerprint density at radius 3 is 2.65 bits per heavy atom. The molecule has 0 aliphatic carbocycles. The molecule has 0 saturated carbocycles. The Hall–Kier alpha value is -2.11. The largest absolute Gasteiger partial charge is 0.480 e. The van der Waals surface area contributed by atoms with Crippen molar-refractivity contribution in [2.45, 2.75) is 12.6 Å². The van der Waals surface area contributed by atoms with Gasteiger partial charge in [0, 0.05) is 0 Å². The molecule has 92 valence electrons. The van der Waals surface area contributed by atoms with E-state index in [1.165, 1.54) is 0 Å². The molecule has 0 spiro atoms. The monoisotopic (exact) mass is 242 g/mol. The molecule has 0 heterocycles. The molecule has 0 saturated heterocycles. The summed E-state index contributed by atoms with van der Waals surface area (Å²) >= 11 is 0. The molecule has 2 unspecified atom stereocenters. The summed E-state index contributed by atoms with van der Waals surface area (Å²) in [6.45, 7) is -2.51. The van der Waals surface area contributed by atoms with E-state index in [2.05, 4.69) is 0 Å². The number of carbonyl (C=O) groups is 2. The fourth-order valence-electron chi connectivity index (χ4n) is 1.04. The number of hydrogen-bond acceptors (Lipinski definition) is 3. The Labute approximate surface area is 98.6 Å². The second kappa shape index (κ2) is 6.47. The number of carbonyl (C=O) groups excluding carboxylic acids is 1. The number of rotatable bonds is 5. The normalized spacial score (nSPS) is 14.3. The lowest BCUT2D eigenvalue weighted by Gasteiger charge is -2.11. The number of aliphatic carboxylic acids is 1. The molecule has 0 bridgehead atoms. The van der Waals surface area contributed by atoms with Gasteiger partial charge in [0.1, 0.15) is 13.3 Å². The number of alkyl halides is 1. The first-order valence-corrected chi connectivity index (χ1v) is 4.77. The molecule has 17 heavy (non-hydrogen) atoms. The van der Waals surface area contributed by atoms with E-state index in [1.54, 1.807) is 35.6 Å². The van der Waals surface area contributed by atoms with Gasteiger partial charge in [0.05, 0.1) is 1.37 Å². The van der Waals surface area contributed by atoms with Crippen LogP contribution in [0.25, 0.3) is 0 Å². The molecule has 6 heteroatoms. The van der Waals surface area contributed by atoms with E-state index in [1.807, 2.05) is 0 Å². The van der Waals surface area contributed by atoms with E-state index in [0.29, 0.717) is 5.56 Å². The number of ether oxygens (including phenoxy) is 1. The highest BCUT2D eigenvalue weighted by Gasteiger charge is 2.20. The first-order chi connectivity index (χ1) is 8.50. The first kappa shape index (κ1) is 11.4. The van der Waals surface area contributed by atoms with Crippen molar-refractivity contribution in [2.24, 2.45) is 0 Å². The second-order valence-corrected chi connectivity index (χ2v) is 3.15.